The van der Waals surface area contributed by atoms with Crippen molar-refractivity contribution in [1.29, 1.82) is 0 Å². The molecule has 0 aromatic heterocycles. The molecular formula is C17H27ClN2O2S2. The van der Waals surface area contributed by atoms with Crippen LogP contribution in [0.15, 0.2) is 24.3 Å². The summed E-state index contributed by atoms with van der Waals surface area (Å²) in [5.74, 6) is 2.64. The molecule has 2 N–H and O–H groups in total. The molecule has 24 heavy (non-hydrogen) atoms. The van der Waals surface area contributed by atoms with Crippen LogP contribution in [-0.4, -0.2) is 39.0 Å². The predicted molar refractivity (Wildman–Crippen MR) is 108 cm³/mol. The lowest BCUT2D eigenvalue weighted by atomic mass is 10.2. The van der Waals surface area contributed by atoms with E-state index in [-0.39, 0.29) is 29.1 Å². The van der Waals surface area contributed by atoms with E-state index in [2.05, 4.69) is 10.6 Å². The summed E-state index contributed by atoms with van der Waals surface area (Å²) in [4.78, 5) is 12.2. The molecule has 1 aliphatic heterocycles. The van der Waals surface area contributed by atoms with Crippen LogP contribution >= 0.6 is 24.2 Å². The molecule has 1 fully saturated rings. The Kier molecular flexibility index (Phi) is 8.77. The van der Waals surface area contributed by atoms with E-state index < -0.39 is 10.8 Å². The van der Waals surface area contributed by atoms with Gasteiger partial charge in [-0.25, -0.2) is 0 Å². The second-order valence-corrected chi connectivity index (χ2v) is 10.1. The van der Waals surface area contributed by atoms with Crippen LogP contribution in [0.1, 0.15) is 32.8 Å². The lowest BCUT2D eigenvalue weighted by Gasteiger charge is -2.22. The first kappa shape index (κ1) is 21.5. The summed E-state index contributed by atoms with van der Waals surface area (Å²) in [5.41, 5.74) is 1.77. The summed E-state index contributed by atoms with van der Waals surface area (Å²) in [5, 5.41) is 6.32. The molecule has 2 unspecified atom stereocenters. The molecule has 1 aromatic rings. The van der Waals surface area contributed by atoms with Crippen molar-refractivity contribution in [3.63, 3.8) is 0 Å². The topological polar surface area (TPSA) is 58.2 Å². The Balaban J connectivity index is 0.00000288. The van der Waals surface area contributed by atoms with Gasteiger partial charge in [0, 0.05) is 57.5 Å². The predicted octanol–water partition coefficient (Wildman–Crippen LogP) is 3.19. The van der Waals surface area contributed by atoms with Crippen molar-refractivity contribution < 1.29 is 9.00 Å². The molecular weight excluding hydrogens is 364 g/mol. The highest BCUT2D eigenvalue weighted by atomic mass is 35.5. The number of benzene rings is 1. The van der Waals surface area contributed by atoms with Crippen LogP contribution < -0.4 is 10.6 Å². The molecule has 0 aliphatic carbocycles. The second-order valence-electron chi connectivity index (χ2n) is 6.78. The average molecular weight is 391 g/mol. The molecule has 0 radical (unpaired) electrons. The molecule has 2 atom stereocenters. The highest BCUT2D eigenvalue weighted by Crippen LogP contribution is 2.19. The maximum atomic E-state index is 12.2. The molecule has 0 saturated carbocycles. The van der Waals surface area contributed by atoms with Crippen molar-refractivity contribution in [2.75, 3.05) is 23.4 Å². The van der Waals surface area contributed by atoms with E-state index in [0.29, 0.717) is 12.2 Å². The molecule has 136 valence electrons. The number of carbonyl (C=O) groups is 1. The Morgan fingerprint density at radius 2 is 2.17 bits per heavy atom. The van der Waals surface area contributed by atoms with Gasteiger partial charge >= 0.3 is 0 Å². The lowest BCUT2D eigenvalue weighted by molar-refractivity contribution is -0.116. The van der Waals surface area contributed by atoms with Crippen LogP contribution in [0.3, 0.4) is 0 Å². The molecule has 1 aliphatic rings. The Morgan fingerprint density at radius 3 is 2.79 bits per heavy atom. The number of amides is 1. The molecule has 0 spiro atoms. The molecule has 1 saturated heterocycles. The van der Waals surface area contributed by atoms with Crippen LogP contribution in [0, 0.1) is 0 Å². The molecule has 7 heteroatoms. The van der Waals surface area contributed by atoms with Gasteiger partial charge in [-0.2, -0.15) is 11.8 Å². The standard InChI is InChI=1S/C17H26N2O2S2.ClH/c1-17(2,3)23(21)12-13-5-4-6-14(9-13)19-16(20)10-15-11-22-8-7-18-15;/h4-6,9,15,18H,7-8,10-12H2,1-3H3,(H,19,20);1H. The third kappa shape index (κ3) is 7.13. The largest absolute Gasteiger partial charge is 0.326 e. The van der Waals surface area contributed by atoms with Crippen LogP contribution in [0.4, 0.5) is 5.69 Å². The van der Waals surface area contributed by atoms with Crippen LogP contribution in [0.25, 0.3) is 0 Å². The van der Waals surface area contributed by atoms with Crippen molar-refractivity contribution in [3.8, 4) is 0 Å². The first-order valence-electron chi connectivity index (χ1n) is 7.93. The van der Waals surface area contributed by atoms with Gasteiger partial charge in [0.05, 0.1) is 0 Å². The number of nitrogens with one attached hydrogen (secondary N) is 2. The van der Waals surface area contributed by atoms with Gasteiger partial charge in [0.15, 0.2) is 0 Å². The third-order valence-corrected chi connectivity index (χ3v) is 6.71. The van der Waals surface area contributed by atoms with Crippen molar-refractivity contribution in [2.24, 2.45) is 0 Å². The first-order chi connectivity index (χ1) is 10.8. The van der Waals surface area contributed by atoms with E-state index >= 15 is 0 Å². The van der Waals surface area contributed by atoms with E-state index in [9.17, 15) is 9.00 Å². The normalized spacial score (nSPS) is 19.2. The minimum absolute atomic E-state index is 0. The van der Waals surface area contributed by atoms with E-state index in [1.807, 2.05) is 56.8 Å². The molecule has 1 heterocycles. The molecule has 2 rings (SSSR count). The zero-order valence-corrected chi connectivity index (χ0v) is 16.9. The number of rotatable bonds is 5. The number of hydrogen-bond donors (Lipinski definition) is 2. The summed E-state index contributed by atoms with van der Waals surface area (Å²) in [6.07, 6.45) is 0.491. The second kappa shape index (κ2) is 9.80. The number of carbonyl (C=O) groups excluding carboxylic acids is 1. The quantitative estimate of drug-likeness (QED) is 0.810. The maximum absolute atomic E-state index is 12.2. The van der Waals surface area contributed by atoms with Crippen LogP contribution in [0.5, 0.6) is 0 Å². The maximum Gasteiger partial charge on any atom is 0.225 e. The van der Waals surface area contributed by atoms with E-state index in [1.165, 1.54) is 0 Å². The third-order valence-electron chi connectivity index (χ3n) is 3.62. The smallest absolute Gasteiger partial charge is 0.225 e. The number of thioether (sulfide) groups is 1. The average Bonchev–Trinajstić information content (AvgIpc) is 2.47. The Morgan fingerprint density at radius 1 is 1.42 bits per heavy atom. The fourth-order valence-electron chi connectivity index (χ4n) is 2.29. The highest BCUT2D eigenvalue weighted by Gasteiger charge is 2.20. The Hall–Kier alpha value is -0.560. The van der Waals surface area contributed by atoms with E-state index in [1.54, 1.807) is 0 Å². The molecule has 1 aromatic carbocycles. The fourth-order valence-corrected chi connectivity index (χ4v) is 4.16. The first-order valence-corrected chi connectivity index (χ1v) is 10.4. The number of hydrogen-bond acceptors (Lipinski definition) is 4. The van der Waals surface area contributed by atoms with E-state index in [0.717, 1.165) is 29.3 Å². The molecule has 4 nitrogen and oxygen atoms in total. The zero-order valence-electron chi connectivity index (χ0n) is 14.5. The molecule has 1 amide bonds. The van der Waals surface area contributed by atoms with Crippen molar-refractivity contribution in [2.45, 2.75) is 43.7 Å². The van der Waals surface area contributed by atoms with Gasteiger partial charge in [-0.1, -0.05) is 12.1 Å². The van der Waals surface area contributed by atoms with Gasteiger partial charge < -0.3 is 10.6 Å². The van der Waals surface area contributed by atoms with Gasteiger partial charge in [0.25, 0.3) is 0 Å². The zero-order chi connectivity index (χ0) is 16.9. The van der Waals surface area contributed by atoms with Crippen molar-refractivity contribution in [3.05, 3.63) is 29.8 Å². The van der Waals surface area contributed by atoms with Crippen molar-refractivity contribution >= 4 is 46.6 Å². The number of anilines is 1. The van der Waals surface area contributed by atoms with Crippen LogP contribution in [-0.2, 0) is 21.3 Å². The fraction of sp³-hybridized carbons (Fsp3) is 0.588. The van der Waals surface area contributed by atoms with Crippen molar-refractivity contribution in [1.82, 2.24) is 5.32 Å². The van der Waals surface area contributed by atoms with Crippen LogP contribution in [0.2, 0.25) is 0 Å². The van der Waals surface area contributed by atoms with Gasteiger partial charge in [-0.05, 0) is 38.5 Å². The lowest BCUT2D eigenvalue weighted by Crippen LogP contribution is -2.39. The minimum Gasteiger partial charge on any atom is -0.326 e. The summed E-state index contributed by atoms with van der Waals surface area (Å²) < 4.78 is 12.0. The van der Waals surface area contributed by atoms with E-state index in [4.69, 9.17) is 0 Å². The van der Waals surface area contributed by atoms with Gasteiger partial charge in [-0.15, -0.1) is 12.4 Å². The van der Waals surface area contributed by atoms with Gasteiger partial charge in [0.2, 0.25) is 5.91 Å². The summed E-state index contributed by atoms with van der Waals surface area (Å²) in [7, 11) is -0.940. The summed E-state index contributed by atoms with van der Waals surface area (Å²) >= 11 is 1.89. The van der Waals surface area contributed by atoms with Gasteiger partial charge in [0.1, 0.15) is 0 Å². The number of halogens is 1. The SMILES string of the molecule is CC(C)(C)S(=O)Cc1cccc(NC(=O)CC2CSCCN2)c1.Cl. The summed E-state index contributed by atoms with van der Waals surface area (Å²) in [6.45, 7) is 6.90. The minimum atomic E-state index is -0.940. The highest BCUT2D eigenvalue weighted by molar-refractivity contribution is 7.99. The monoisotopic (exact) mass is 390 g/mol. The molecule has 0 bridgehead atoms. The Labute approximate surface area is 157 Å². The Bertz CT molecular complexity index is 570. The summed E-state index contributed by atoms with van der Waals surface area (Å²) in [6, 6.07) is 7.91. The van der Waals surface area contributed by atoms with Gasteiger partial charge in [-0.3, -0.25) is 9.00 Å².